The number of ether oxygens (including phenoxy) is 1. The number of alkyl halides is 3. The Kier molecular flexibility index (Phi) is 3.97. The van der Waals surface area contributed by atoms with E-state index in [1.54, 1.807) is 6.92 Å². The fourth-order valence-electron chi connectivity index (χ4n) is 1.60. The highest BCUT2D eigenvalue weighted by molar-refractivity contribution is 5.91. The monoisotopic (exact) mass is 303 g/mol. The standard InChI is InChI=1S/C13H9F4NO3/c1-7-5-18-11(21-7)6-20-12(19)9-3-2-8(14)4-10(9)13(15,16)17/h2-5H,6H2,1H3. The number of aromatic nitrogens is 1. The molecule has 0 N–H and O–H groups in total. The topological polar surface area (TPSA) is 52.3 Å². The van der Waals surface area contributed by atoms with E-state index in [0.29, 0.717) is 5.76 Å². The van der Waals surface area contributed by atoms with Crippen molar-refractivity contribution >= 4 is 5.97 Å². The molecule has 0 spiro atoms. The molecule has 0 aliphatic rings. The predicted octanol–water partition coefficient (Wildman–Crippen LogP) is 3.50. The molecule has 0 bridgehead atoms. The molecule has 112 valence electrons. The molecule has 0 aliphatic carbocycles. The maximum Gasteiger partial charge on any atom is 0.417 e. The fourth-order valence-corrected chi connectivity index (χ4v) is 1.60. The third-order valence-electron chi connectivity index (χ3n) is 2.50. The molecule has 8 heteroatoms. The summed E-state index contributed by atoms with van der Waals surface area (Å²) in [5, 5.41) is 0. The van der Waals surface area contributed by atoms with E-state index in [-0.39, 0.29) is 12.0 Å². The van der Waals surface area contributed by atoms with Gasteiger partial charge in [-0.1, -0.05) is 0 Å². The van der Waals surface area contributed by atoms with Crippen molar-refractivity contribution in [2.75, 3.05) is 0 Å². The van der Waals surface area contributed by atoms with Gasteiger partial charge in [0.25, 0.3) is 0 Å². The molecule has 0 amide bonds. The molecule has 1 aromatic carbocycles. The van der Waals surface area contributed by atoms with Crippen molar-refractivity contribution in [1.29, 1.82) is 0 Å². The van der Waals surface area contributed by atoms with Gasteiger partial charge >= 0.3 is 12.1 Å². The molecule has 0 saturated heterocycles. The summed E-state index contributed by atoms with van der Waals surface area (Å²) in [6, 6.07) is 1.72. The van der Waals surface area contributed by atoms with Crippen LogP contribution in [0.4, 0.5) is 17.6 Å². The molecule has 2 rings (SSSR count). The van der Waals surface area contributed by atoms with Crippen molar-refractivity contribution in [2.24, 2.45) is 0 Å². The molecular formula is C13H9F4NO3. The molecule has 1 heterocycles. The van der Waals surface area contributed by atoms with Gasteiger partial charge in [-0.3, -0.25) is 0 Å². The third kappa shape index (κ3) is 3.59. The summed E-state index contributed by atoms with van der Waals surface area (Å²) in [6.45, 7) is 1.20. The van der Waals surface area contributed by atoms with Gasteiger partial charge in [0.15, 0.2) is 6.61 Å². The molecule has 0 fully saturated rings. The van der Waals surface area contributed by atoms with Crippen molar-refractivity contribution in [2.45, 2.75) is 19.7 Å². The highest BCUT2D eigenvalue weighted by Gasteiger charge is 2.36. The average Bonchev–Trinajstić information content (AvgIpc) is 2.81. The summed E-state index contributed by atoms with van der Waals surface area (Å²) in [5.41, 5.74) is -2.16. The maximum atomic E-state index is 12.9. The Balaban J connectivity index is 2.19. The largest absolute Gasteiger partial charge is 0.452 e. The number of hydrogen-bond donors (Lipinski definition) is 0. The predicted molar refractivity (Wildman–Crippen MR) is 61.8 cm³/mol. The second-order valence-corrected chi connectivity index (χ2v) is 4.13. The van der Waals surface area contributed by atoms with E-state index in [1.165, 1.54) is 6.20 Å². The van der Waals surface area contributed by atoms with E-state index in [2.05, 4.69) is 9.72 Å². The Morgan fingerprint density at radius 3 is 2.67 bits per heavy atom. The van der Waals surface area contributed by atoms with Gasteiger partial charge in [0.05, 0.1) is 17.3 Å². The lowest BCUT2D eigenvalue weighted by molar-refractivity contribution is -0.138. The second-order valence-electron chi connectivity index (χ2n) is 4.13. The molecule has 0 atom stereocenters. The molecule has 0 saturated carbocycles. The Bertz CT molecular complexity index is 664. The lowest BCUT2D eigenvalue weighted by Crippen LogP contribution is -2.15. The number of carbonyl (C=O) groups excluding carboxylic acids is 1. The smallest absolute Gasteiger partial charge is 0.417 e. The van der Waals surface area contributed by atoms with Gasteiger partial charge in [-0.15, -0.1) is 0 Å². The number of hydrogen-bond acceptors (Lipinski definition) is 4. The van der Waals surface area contributed by atoms with Crippen LogP contribution in [0.25, 0.3) is 0 Å². The van der Waals surface area contributed by atoms with Crippen molar-refractivity contribution in [3.63, 3.8) is 0 Å². The van der Waals surface area contributed by atoms with Crippen LogP contribution in [0.5, 0.6) is 0 Å². The van der Waals surface area contributed by atoms with E-state index in [9.17, 15) is 22.4 Å². The fraction of sp³-hybridized carbons (Fsp3) is 0.231. The van der Waals surface area contributed by atoms with Crippen LogP contribution in [-0.2, 0) is 17.5 Å². The SMILES string of the molecule is Cc1cnc(COC(=O)c2ccc(F)cc2C(F)(F)F)o1. The van der Waals surface area contributed by atoms with Gasteiger partial charge in [0, 0.05) is 0 Å². The zero-order valence-electron chi connectivity index (χ0n) is 10.7. The summed E-state index contributed by atoms with van der Waals surface area (Å²) < 4.78 is 60.9. The highest BCUT2D eigenvalue weighted by atomic mass is 19.4. The van der Waals surface area contributed by atoms with Crippen LogP contribution < -0.4 is 0 Å². The number of benzene rings is 1. The first kappa shape index (κ1) is 15.0. The number of aryl methyl sites for hydroxylation is 1. The minimum Gasteiger partial charge on any atom is -0.452 e. The van der Waals surface area contributed by atoms with E-state index >= 15 is 0 Å². The maximum absolute atomic E-state index is 12.9. The molecule has 0 unspecified atom stereocenters. The van der Waals surface area contributed by atoms with Crippen LogP contribution in [0.2, 0.25) is 0 Å². The summed E-state index contributed by atoms with van der Waals surface area (Å²) in [6.07, 6.45) is -3.49. The first-order chi connectivity index (χ1) is 9.77. The summed E-state index contributed by atoms with van der Waals surface area (Å²) in [7, 11) is 0. The van der Waals surface area contributed by atoms with E-state index in [4.69, 9.17) is 4.42 Å². The van der Waals surface area contributed by atoms with Gasteiger partial charge in [0.1, 0.15) is 11.6 Å². The first-order valence-corrected chi connectivity index (χ1v) is 5.72. The lowest BCUT2D eigenvalue weighted by Gasteiger charge is -2.11. The Morgan fingerprint density at radius 2 is 2.10 bits per heavy atom. The Labute approximate surface area is 116 Å². The second kappa shape index (κ2) is 5.55. The van der Waals surface area contributed by atoms with Crippen molar-refractivity contribution in [1.82, 2.24) is 4.98 Å². The van der Waals surface area contributed by atoms with Crippen LogP contribution in [0.15, 0.2) is 28.8 Å². The van der Waals surface area contributed by atoms with Crippen molar-refractivity contribution < 1.29 is 31.5 Å². The zero-order valence-corrected chi connectivity index (χ0v) is 10.7. The van der Waals surface area contributed by atoms with Crippen molar-refractivity contribution in [3.05, 3.63) is 53.0 Å². The van der Waals surface area contributed by atoms with Gasteiger partial charge in [-0.05, 0) is 25.1 Å². The van der Waals surface area contributed by atoms with Crippen LogP contribution in [0.1, 0.15) is 27.6 Å². The molecule has 21 heavy (non-hydrogen) atoms. The quantitative estimate of drug-likeness (QED) is 0.643. The van der Waals surface area contributed by atoms with Crippen LogP contribution in [0.3, 0.4) is 0 Å². The molecular weight excluding hydrogens is 294 g/mol. The summed E-state index contributed by atoms with van der Waals surface area (Å²) >= 11 is 0. The molecule has 4 nitrogen and oxygen atoms in total. The number of oxazole rings is 1. The molecule has 0 aliphatic heterocycles. The number of nitrogens with zero attached hydrogens (tertiary/aromatic N) is 1. The Morgan fingerprint density at radius 1 is 1.38 bits per heavy atom. The van der Waals surface area contributed by atoms with Gasteiger partial charge in [-0.2, -0.15) is 13.2 Å². The summed E-state index contributed by atoms with van der Waals surface area (Å²) in [4.78, 5) is 15.4. The molecule has 1 aromatic heterocycles. The van der Waals surface area contributed by atoms with Crippen LogP contribution in [0, 0.1) is 12.7 Å². The Hall–Kier alpha value is -2.38. The number of halogens is 4. The van der Waals surface area contributed by atoms with Crippen LogP contribution in [-0.4, -0.2) is 11.0 Å². The number of carbonyl (C=O) groups is 1. The first-order valence-electron chi connectivity index (χ1n) is 5.72. The normalized spacial score (nSPS) is 11.5. The van der Waals surface area contributed by atoms with E-state index in [0.717, 1.165) is 12.1 Å². The minimum atomic E-state index is -4.87. The van der Waals surface area contributed by atoms with Crippen molar-refractivity contribution in [3.8, 4) is 0 Å². The minimum absolute atomic E-state index is 0.0523. The van der Waals surface area contributed by atoms with Gasteiger partial charge in [-0.25, -0.2) is 14.2 Å². The van der Waals surface area contributed by atoms with E-state index in [1.807, 2.05) is 0 Å². The lowest BCUT2D eigenvalue weighted by atomic mass is 10.1. The zero-order chi connectivity index (χ0) is 15.6. The van der Waals surface area contributed by atoms with Gasteiger partial charge < -0.3 is 9.15 Å². The highest BCUT2D eigenvalue weighted by Crippen LogP contribution is 2.32. The molecule has 2 aromatic rings. The summed E-state index contributed by atoms with van der Waals surface area (Å²) in [5.74, 6) is -1.81. The third-order valence-corrected chi connectivity index (χ3v) is 2.50. The van der Waals surface area contributed by atoms with E-state index < -0.39 is 35.7 Å². The van der Waals surface area contributed by atoms with Gasteiger partial charge in [0.2, 0.25) is 5.89 Å². The van der Waals surface area contributed by atoms with Crippen LogP contribution >= 0.6 is 0 Å². The molecule has 0 radical (unpaired) electrons. The average molecular weight is 303 g/mol. The number of rotatable bonds is 3. The number of esters is 1.